The van der Waals surface area contributed by atoms with Gasteiger partial charge in [0, 0.05) is 6.42 Å². The summed E-state index contributed by atoms with van der Waals surface area (Å²) in [6.07, 6.45) is 65.4. The van der Waals surface area contributed by atoms with Gasteiger partial charge in [-0.05, 0) is 70.6 Å². The van der Waals surface area contributed by atoms with Gasteiger partial charge in [0.2, 0.25) is 5.91 Å². The predicted octanol–water partition coefficient (Wildman–Crippen LogP) is 15.9. The smallest absolute Gasteiger partial charge is 0.220 e. The molecule has 0 spiro atoms. The highest BCUT2D eigenvalue weighted by molar-refractivity contribution is 5.76. The van der Waals surface area contributed by atoms with Crippen molar-refractivity contribution in [2.45, 2.75) is 270 Å². The Bertz CT molecular complexity index is 893. The molecule has 4 nitrogen and oxygen atoms in total. The summed E-state index contributed by atoms with van der Waals surface area (Å²) in [5, 5.41) is 23.0. The van der Waals surface area contributed by atoms with Crippen LogP contribution in [-0.2, 0) is 4.79 Å². The Morgan fingerprint density at radius 2 is 0.696 bits per heavy atom. The van der Waals surface area contributed by atoms with E-state index in [0.29, 0.717) is 6.42 Å². The Balaban J connectivity index is 3.59. The maximum Gasteiger partial charge on any atom is 0.220 e. The molecule has 0 bridgehead atoms. The van der Waals surface area contributed by atoms with Crippen LogP contribution in [0.4, 0.5) is 0 Å². The summed E-state index contributed by atoms with van der Waals surface area (Å²) in [5.41, 5.74) is 0. The highest BCUT2D eigenvalue weighted by Gasteiger charge is 2.17. The SMILES string of the molecule is CCCCCCCCC/C=C\CCCCCCCC(=O)NC(CO)C(O)/C=C/CC/C=C/CC/C=C/CCCCCCCCCCCCCCCCCCCC. The van der Waals surface area contributed by atoms with Crippen LogP contribution in [0.5, 0.6) is 0 Å². The zero-order valence-corrected chi connectivity index (χ0v) is 37.7. The minimum atomic E-state index is -0.874. The fourth-order valence-electron chi connectivity index (χ4n) is 7.44. The van der Waals surface area contributed by atoms with E-state index in [2.05, 4.69) is 55.6 Å². The van der Waals surface area contributed by atoms with Crippen molar-refractivity contribution >= 4 is 5.91 Å². The molecule has 328 valence electrons. The number of hydrogen-bond acceptors (Lipinski definition) is 3. The van der Waals surface area contributed by atoms with Crippen molar-refractivity contribution in [1.82, 2.24) is 5.32 Å². The zero-order chi connectivity index (χ0) is 40.7. The molecule has 0 aliphatic heterocycles. The van der Waals surface area contributed by atoms with Crippen molar-refractivity contribution in [3.63, 3.8) is 0 Å². The lowest BCUT2D eigenvalue weighted by Crippen LogP contribution is -2.45. The molecule has 1 amide bonds. The van der Waals surface area contributed by atoms with Gasteiger partial charge in [0.1, 0.15) is 0 Å². The molecule has 0 aliphatic rings. The van der Waals surface area contributed by atoms with Crippen molar-refractivity contribution < 1.29 is 15.0 Å². The number of unbranched alkanes of at least 4 members (excludes halogenated alkanes) is 32. The summed E-state index contributed by atoms with van der Waals surface area (Å²) >= 11 is 0. The molecule has 0 aliphatic carbocycles. The van der Waals surface area contributed by atoms with E-state index in [1.807, 2.05) is 6.08 Å². The van der Waals surface area contributed by atoms with Crippen LogP contribution >= 0.6 is 0 Å². The monoisotopic (exact) mass is 784 g/mol. The van der Waals surface area contributed by atoms with Gasteiger partial charge in [-0.25, -0.2) is 0 Å². The molecule has 0 saturated carbocycles. The van der Waals surface area contributed by atoms with E-state index < -0.39 is 12.1 Å². The second-order valence-electron chi connectivity index (χ2n) is 16.9. The number of carbonyl (C=O) groups is 1. The molecular weight excluding hydrogens is 687 g/mol. The highest BCUT2D eigenvalue weighted by atomic mass is 16.3. The molecule has 0 rings (SSSR count). The van der Waals surface area contributed by atoms with Crippen molar-refractivity contribution in [2.24, 2.45) is 0 Å². The summed E-state index contributed by atoms with van der Waals surface area (Å²) in [6, 6.07) is -0.650. The molecule has 0 saturated heterocycles. The Morgan fingerprint density at radius 1 is 0.411 bits per heavy atom. The molecule has 0 fully saturated rings. The van der Waals surface area contributed by atoms with Crippen molar-refractivity contribution in [3.05, 3.63) is 48.6 Å². The molecule has 4 heteroatoms. The molecule has 0 aromatic heterocycles. The molecule has 3 N–H and O–H groups in total. The van der Waals surface area contributed by atoms with Gasteiger partial charge in [-0.1, -0.05) is 229 Å². The van der Waals surface area contributed by atoms with Crippen molar-refractivity contribution in [3.8, 4) is 0 Å². The Kier molecular flexibility index (Phi) is 46.3. The molecule has 0 aromatic rings. The van der Waals surface area contributed by atoms with Gasteiger partial charge < -0.3 is 15.5 Å². The number of rotatable bonds is 45. The lowest BCUT2D eigenvalue weighted by Gasteiger charge is -2.19. The second-order valence-corrected chi connectivity index (χ2v) is 16.9. The maximum absolute atomic E-state index is 12.4. The van der Waals surface area contributed by atoms with E-state index in [0.717, 1.165) is 51.4 Å². The molecule has 56 heavy (non-hydrogen) atoms. The average molecular weight is 784 g/mol. The van der Waals surface area contributed by atoms with Crippen LogP contribution in [0.25, 0.3) is 0 Å². The standard InChI is InChI=1S/C52H97NO3/c1-3-5-7-9-11-13-15-17-19-21-22-23-24-25-26-27-28-29-30-31-32-33-35-37-39-41-43-45-47-51(55)50(49-54)53-52(56)48-46-44-42-40-38-36-34-20-18-16-14-12-10-8-6-4-2/h20,31-32,34,37,39,45,47,50-51,54-55H,3-19,21-30,33,35-36,38,40-44,46,48-49H2,1-2H3,(H,53,56)/b32-31+,34-20-,39-37+,47-45+. The molecule has 0 radical (unpaired) electrons. The van der Waals surface area contributed by atoms with Gasteiger partial charge in [-0.2, -0.15) is 0 Å². The van der Waals surface area contributed by atoms with Gasteiger partial charge in [0.25, 0.3) is 0 Å². The number of hydrogen-bond donors (Lipinski definition) is 3. The number of aliphatic hydroxyl groups is 2. The Morgan fingerprint density at radius 3 is 1.04 bits per heavy atom. The van der Waals surface area contributed by atoms with Crippen molar-refractivity contribution in [1.29, 1.82) is 0 Å². The summed E-state index contributed by atoms with van der Waals surface area (Å²) in [7, 11) is 0. The van der Waals surface area contributed by atoms with Crippen LogP contribution in [0.1, 0.15) is 258 Å². The predicted molar refractivity (Wildman–Crippen MR) is 248 cm³/mol. The average Bonchev–Trinajstić information content (AvgIpc) is 3.20. The Hall–Kier alpha value is -1.65. The molecule has 2 atom stereocenters. The van der Waals surface area contributed by atoms with Gasteiger partial charge in [0.15, 0.2) is 0 Å². The summed E-state index contributed by atoms with van der Waals surface area (Å²) in [4.78, 5) is 12.4. The number of amides is 1. The highest BCUT2D eigenvalue weighted by Crippen LogP contribution is 2.15. The van der Waals surface area contributed by atoms with Crippen LogP contribution < -0.4 is 5.32 Å². The van der Waals surface area contributed by atoms with Crippen LogP contribution in [0.2, 0.25) is 0 Å². The van der Waals surface area contributed by atoms with Crippen LogP contribution in [0.15, 0.2) is 48.6 Å². The van der Waals surface area contributed by atoms with Crippen LogP contribution in [-0.4, -0.2) is 34.9 Å². The molecule has 0 aromatic carbocycles. The largest absolute Gasteiger partial charge is 0.394 e. The third kappa shape index (κ3) is 43.5. The van der Waals surface area contributed by atoms with Crippen LogP contribution in [0, 0.1) is 0 Å². The Labute approximate surface area is 350 Å². The zero-order valence-electron chi connectivity index (χ0n) is 37.7. The number of nitrogens with one attached hydrogen (secondary N) is 1. The van der Waals surface area contributed by atoms with E-state index in [4.69, 9.17) is 0 Å². The minimum absolute atomic E-state index is 0.0859. The van der Waals surface area contributed by atoms with Crippen molar-refractivity contribution in [2.75, 3.05) is 6.61 Å². The fraction of sp³-hybridized carbons (Fsp3) is 0.827. The van der Waals surface area contributed by atoms with E-state index in [-0.39, 0.29) is 12.5 Å². The van der Waals surface area contributed by atoms with E-state index >= 15 is 0 Å². The maximum atomic E-state index is 12.4. The normalized spacial score (nSPS) is 13.3. The quantitative estimate of drug-likeness (QED) is 0.0425. The number of carbonyl (C=O) groups excluding carboxylic acids is 1. The van der Waals surface area contributed by atoms with E-state index in [9.17, 15) is 15.0 Å². The third-order valence-corrected chi connectivity index (χ3v) is 11.3. The van der Waals surface area contributed by atoms with Gasteiger partial charge in [-0.15, -0.1) is 0 Å². The van der Waals surface area contributed by atoms with Crippen LogP contribution in [0.3, 0.4) is 0 Å². The third-order valence-electron chi connectivity index (χ3n) is 11.3. The molecular formula is C52H97NO3. The van der Waals surface area contributed by atoms with Gasteiger partial charge in [0.05, 0.1) is 18.8 Å². The topological polar surface area (TPSA) is 69.6 Å². The fourth-order valence-corrected chi connectivity index (χ4v) is 7.44. The molecule has 2 unspecified atom stereocenters. The van der Waals surface area contributed by atoms with E-state index in [1.165, 1.54) is 186 Å². The summed E-state index contributed by atoms with van der Waals surface area (Å²) in [6.45, 7) is 4.30. The lowest BCUT2D eigenvalue weighted by molar-refractivity contribution is -0.123. The number of allylic oxidation sites excluding steroid dienone is 7. The first-order valence-corrected chi connectivity index (χ1v) is 24.9. The van der Waals surface area contributed by atoms with Gasteiger partial charge >= 0.3 is 0 Å². The first-order valence-electron chi connectivity index (χ1n) is 24.9. The summed E-state index contributed by atoms with van der Waals surface area (Å²) < 4.78 is 0. The molecule has 0 heterocycles. The first kappa shape index (κ1) is 54.3. The second kappa shape index (κ2) is 47.7. The summed E-state index contributed by atoms with van der Waals surface area (Å²) in [5.74, 6) is -0.0859. The number of aliphatic hydroxyl groups excluding tert-OH is 2. The van der Waals surface area contributed by atoms with E-state index in [1.54, 1.807) is 6.08 Å². The minimum Gasteiger partial charge on any atom is -0.394 e. The lowest BCUT2D eigenvalue weighted by atomic mass is 10.0. The van der Waals surface area contributed by atoms with Gasteiger partial charge in [-0.3, -0.25) is 4.79 Å². The first-order chi connectivity index (χ1) is 27.7.